The maximum Gasteiger partial charge on any atom is 0.323 e. The molecule has 0 radical (unpaired) electrons. The zero-order valence-electron chi connectivity index (χ0n) is 45.3. The van der Waals surface area contributed by atoms with Crippen molar-refractivity contribution >= 4 is 110 Å². The second-order valence-corrected chi connectivity index (χ2v) is 19.3. The lowest BCUT2D eigenvalue weighted by Gasteiger charge is -2.26. The van der Waals surface area contributed by atoms with E-state index in [1.54, 1.807) is 109 Å². The SMILES string of the molecule is O=C(O)CCCN1C(=O)c2ccccc2C1=O.O=C(O)CCN1C(=O)c2cccc3cccc(c23)C1=O.O=C(O)CCN1C(=O)c2ccccc2C1=O.O=C(O)CN1C(=O)c2cccc3cccc(c23)C1=O.O=C(O)CN1C(=O)c2ccccc2C1=O. The lowest BCUT2D eigenvalue weighted by Crippen LogP contribution is -2.43. The summed E-state index contributed by atoms with van der Waals surface area (Å²) in [5.74, 6) is -9.99. The summed E-state index contributed by atoms with van der Waals surface area (Å²) in [7, 11) is 0. The molecule has 0 saturated carbocycles. The summed E-state index contributed by atoms with van der Waals surface area (Å²) in [6, 6.07) is 40.2. The minimum Gasteiger partial charge on any atom is -0.481 e. The van der Waals surface area contributed by atoms with E-state index in [2.05, 4.69) is 0 Å². The highest BCUT2D eigenvalue weighted by Gasteiger charge is 2.39. The maximum atomic E-state index is 12.3. The van der Waals surface area contributed by atoms with Gasteiger partial charge < -0.3 is 25.5 Å². The highest BCUT2D eigenvalue weighted by Crippen LogP contribution is 2.32. The van der Waals surface area contributed by atoms with Gasteiger partial charge >= 0.3 is 29.8 Å². The molecule has 0 aromatic heterocycles. The smallest absolute Gasteiger partial charge is 0.323 e. The molecule has 5 aliphatic rings. The van der Waals surface area contributed by atoms with Crippen molar-refractivity contribution in [2.24, 2.45) is 0 Å². The highest BCUT2D eigenvalue weighted by atomic mass is 16.4. The van der Waals surface area contributed by atoms with Crippen LogP contribution >= 0.6 is 0 Å². The van der Waals surface area contributed by atoms with Crippen molar-refractivity contribution in [1.82, 2.24) is 24.5 Å². The minimum absolute atomic E-state index is 0.0482. The van der Waals surface area contributed by atoms with Gasteiger partial charge in [0.1, 0.15) is 13.1 Å². The van der Waals surface area contributed by atoms with Crippen molar-refractivity contribution in [2.75, 3.05) is 32.7 Å². The van der Waals surface area contributed by atoms with Crippen molar-refractivity contribution < 1.29 is 97.5 Å². The van der Waals surface area contributed by atoms with E-state index in [-0.39, 0.29) is 68.3 Å². The quantitative estimate of drug-likeness (QED) is 0.0815. The topological polar surface area (TPSA) is 373 Å². The van der Waals surface area contributed by atoms with Crippen LogP contribution in [0.15, 0.2) is 146 Å². The highest BCUT2D eigenvalue weighted by molar-refractivity contribution is 6.27. The Balaban J connectivity index is 0.000000142. The second-order valence-electron chi connectivity index (χ2n) is 19.3. The Labute approximate surface area is 490 Å². The summed E-state index contributed by atoms with van der Waals surface area (Å²) in [6.07, 6.45) is -0.255. The number of rotatable bonds is 14. The first-order chi connectivity index (χ1) is 41.5. The van der Waals surface area contributed by atoms with E-state index in [9.17, 15) is 71.9 Å². The molecule has 25 heteroatoms. The number of carbonyl (C=O) groups is 15. The average Bonchev–Trinajstić information content (AvgIpc) is 1.82. The molecule has 87 heavy (non-hydrogen) atoms. The molecule has 10 amide bonds. The maximum absolute atomic E-state index is 12.3. The van der Waals surface area contributed by atoms with Crippen LogP contribution in [0.4, 0.5) is 0 Å². The van der Waals surface area contributed by atoms with E-state index in [0.29, 0.717) is 55.3 Å². The van der Waals surface area contributed by atoms with Crippen LogP contribution in [0.2, 0.25) is 0 Å². The number of aliphatic carboxylic acids is 5. The van der Waals surface area contributed by atoms with E-state index in [1.165, 1.54) is 12.1 Å². The van der Waals surface area contributed by atoms with Crippen LogP contribution in [-0.4, -0.2) is 172 Å². The van der Waals surface area contributed by atoms with Crippen molar-refractivity contribution in [2.45, 2.75) is 25.7 Å². The Morgan fingerprint density at radius 1 is 0.253 bits per heavy atom. The van der Waals surface area contributed by atoms with Crippen LogP contribution < -0.4 is 0 Å². The normalized spacial score (nSPS) is 14.0. The number of nitrogens with zero attached hydrogens (tertiary/aromatic N) is 5. The van der Waals surface area contributed by atoms with Crippen LogP contribution in [0, 0.1) is 0 Å². The standard InChI is InChI=1S/C15H11NO4.C14H9NO4.C12H11NO4.C11H9NO4.C10H7NO4/c17-12(18)7-8-16-14(19)10-5-1-3-9-4-2-6-11(13(9)10)15(16)20;16-11(17)7-15-13(18)9-5-1-3-8-4-2-6-10(12(8)9)14(15)19;14-10(15)6-3-7-13-11(16)8-4-1-2-5-9(8)12(13)17;13-9(14)5-6-12-10(15)7-3-1-2-4-8(7)11(12)16;12-8(13)5-11-9(14)6-3-1-2-4-7(6)10(11)15/h1-6H,7-8H2,(H,17,18);1-6H,7H2,(H,16,17);1-2,4-5H,3,6-7H2,(H,14,15);1-4H,5-6H2,(H,13,14);1-4H,5H2,(H,12,13). The Hall–Kier alpha value is -11.9. The van der Waals surface area contributed by atoms with Gasteiger partial charge in [0.15, 0.2) is 0 Å². The summed E-state index contributed by atoms with van der Waals surface area (Å²) in [6.45, 7) is -1.26. The number of hydrogen-bond acceptors (Lipinski definition) is 15. The van der Waals surface area contributed by atoms with Crippen LogP contribution in [0.3, 0.4) is 0 Å². The predicted octanol–water partition coefficient (Wildman–Crippen LogP) is 5.70. The van der Waals surface area contributed by atoms with Gasteiger partial charge in [-0.05, 0) is 77.9 Å². The number of carboxylic acids is 5. The van der Waals surface area contributed by atoms with Crippen molar-refractivity contribution in [1.29, 1.82) is 0 Å². The van der Waals surface area contributed by atoms with E-state index in [4.69, 9.17) is 25.5 Å². The van der Waals surface area contributed by atoms with E-state index in [1.807, 2.05) is 24.3 Å². The fraction of sp³-hybridized carbons (Fsp3) is 0.145. The lowest BCUT2D eigenvalue weighted by atomic mass is 9.94. The first-order valence-corrected chi connectivity index (χ1v) is 26.2. The van der Waals surface area contributed by atoms with Crippen LogP contribution in [-0.2, 0) is 24.0 Å². The number of imide groups is 5. The van der Waals surface area contributed by atoms with Gasteiger partial charge in [0, 0.05) is 59.1 Å². The molecule has 5 aliphatic heterocycles. The molecule has 0 saturated heterocycles. The van der Waals surface area contributed by atoms with Crippen LogP contribution in [0.25, 0.3) is 21.5 Å². The molecule has 5 heterocycles. The number of carbonyl (C=O) groups excluding carboxylic acids is 10. The molecule has 12 rings (SSSR count). The number of hydrogen-bond donors (Lipinski definition) is 5. The molecule has 0 bridgehead atoms. The predicted molar refractivity (Wildman–Crippen MR) is 301 cm³/mol. The molecule has 0 aliphatic carbocycles. The van der Waals surface area contributed by atoms with Gasteiger partial charge in [0.25, 0.3) is 59.1 Å². The Morgan fingerprint density at radius 3 is 0.724 bits per heavy atom. The van der Waals surface area contributed by atoms with Gasteiger partial charge in [-0.15, -0.1) is 0 Å². The Bertz CT molecular complexity index is 3930. The molecule has 440 valence electrons. The molecule has 7 aromatic carbocycles. The van der Waals surface area contributed by atoms with Gasteiger partial charge in [-0.2, -0.15) is 0 Å². The molecule has 25 nitrogen and oxygen atoms in total. The lowest BCUT2D eigenvalue weighted by molar-refractivity contribution is -0.138. The average molecular weight is 1180 g/mol. The van der Waals surface area contributed by atoms with Crippen molar-refractivity contribution in [3.8, 4) is 0 Å². The number of amides is 10. The first-order valence-electron chi connectivity index (χ1n) is 26.2. The zero-order valence-corrected chi connectivity index (χ0v) is 45.3. The molecule has 0 unspecified atom stereocenters. The minimum atomic E-state index is -1.21. The number of fused-ring (bicyclic) bond motifs is 3. The van der Waals surface area contributed by atoms with Gasteiger partial charge in [-0.3, -0.25) is 96.4 Å². The van der Waals surface area contributed by atoms with E-state index in [0.717, 1.165) is 35.3 Å². The molecule has 0 atom stereocenters. The Morgan fingerprint density at radius 2 is 0.471 bits per heavy atom. The Kier molecular flexibility index (Phi) is 18.4. The van der Waals surface area contributed by atoms with Crippen LogP contribution in [0.1, 0.15) is 129 Å². The van der Waals surface area contributed by atoms with Gasteiger partial charge in [0.2, 0.25) is 0 Å². The van der Waals surface area contributed by atoms with E-state index >= 15 is 0 Å². The molecular formula is C62H47N5O20. The fourth-order valence-corrected chi connectivity index (χ4v) is 9.85. The first kappa shape index (κ1) is 61.2. The third kappa shape index (κ3) is 12.9. The van der Waals surface area contributed by atoms with Crippen LogP contribution in [0.5, 0.6) is 0 Å². The summed E-state index contributed by atoms with van der Waals surface area (Å²) in [5.41, 5.74) is 3.65. The van der Waals surface area contributed by atoms with Gasteiger partial charge in [-0.1, -0.05) is 84.9 Å². The second kappa shape index (κ2) is 26.1. The summed E-state index contributed by atoms with van der Waals surface area (Å²) in [5, 5.41) is 46.0. The third-order valence-electron chi connectivity index (χ3n) is 13.8. The third-order valence-corrected chi connectivity index (χ3v) is 13.8. The largest absolute Gasteiger partial charge is 0.481 e. The van der Waals surface area contributed by atoms with Gasteiger partial charge in [0.05, 0.1) is 46.2 Å². The van der Waals surface area contributed by atoms with Crippen molar-refractivity contribution in [3.63, 3.8) is 0 Å². The molecule has 0 spiro atoms. The number of carboxylic acid groups (broad SMARTS) is 5. The zero-order chi connectivity index (χ0) is 63.0. The summed E-state index contributed by atoms with van der Waals surface area (Å²) in [4.78, 5) is 177. The monoisotopic (exact) mass is 1180 g/mol. The molecule has 7 aromatic rings. The fourth-order valence-electron chi connectivity index (χ4n) is 9.85. The summed E-state index contributed by atoms with van der Waals surface area (Å²) < 4.78 is 0. The summed E-state index contributed by atoms with van der Waals surface area (Å²) >= 11 is 0. The molecular weight excluding hydrogens is 1130 g/mol. The number of benzene rings is 7. The van der Waals surface area contributed by atoms with Crippen molar-refractivity contribution in [3.05, 3.63) is 201 Å². The van der Waals surface area contributed by atoms with Gasteiger partial charge in [-0.25, -0.2) is 0 Å². The molecule has 5 N–H and O–H groups in total. The van der Waals surface area contributed by atoms with E-state index < -0.39 is 90.2 Å². The molecule has 0 fully saturated rings.